The third-order valence-electron chi connectivity index (χ3n) is 4.32. The number of aromatic nitrogens is 1. The number of esters is 1. The minimum absolute atomic E-state index is 0.106. The monoisotopic (exact) mass is 398 g/mol. The van der Waals surface area contributed by atoms with Crippen molar-refractivity contribution in [2.24, 2.45) is 0 Å². The van der Waals surface area contributed by atoms with E-state index in [4.69, 9.17) is 4.74 Å². The summed E-state index contributed by atoms with van der Waals surface area (Å²) in [6.07, 6.45) is 3.46. The molecule has 0 saturated carbocycles. The highest BCUT2D eigenvalue weighted by molar-refractivity contribution is 6.05. The van der Waals surface area contributed by atoms with Gasteiger partial charge in [-0.05, 0) is 38.3 Å². The molecule has 3 rings (SSSR count). The zero-order chi connectivity index (χ0) is 21.1. The third-order valence-corrected chi connectivity index (χ3v) is 4.32. The number of benzene rings is 1. The van der Waals surface area contributed by atoms with Crippen molar-refractivity contribution in [3.05, 3.63) is 65.0 Å². The van der Waals surface area contributed by atoms with E-state index in [-0.39, 0.29) is 18.1 Å². The van der Waals surface area contributed by atoms with E-state index in [1.807, 2.05) is 30.3 Å². The number of amides is 1. The molecule has 2 aromatic rings. The maximum atomic E-state index is 12.4. The molecule has 7 heteroatoms. The average Bonchev–Trinajstić information content (AvgIpc) is 3.28. The van der Waals surface area contributed by atoms with E-state index in [1.54, 1.807) is 24.8 Å². The zero-order valence-electron chi connectivity index (χ0n) is 16.8. The number of carbonyl (C=O) groups excluding carboxylic acids is 3. The smallest absolute Gasteiger partial charge is 0.340 e. The Morgan fingerprint density at radius 3 is 2.45 bits per heavy atom. The van der Waals surface area contributed by atoms with Crippen LogP contribution in [0.1, 0.15) is 51.7 Å². The fourth-order valence-corrected chi connectivity index (χ4v) is 2.90. The summed E-state index contributed by atoms with van der Waals surface area (Å²) in [5, 5.41) is 0. The molecule has 154 valence electrons. The van der Waals surface area contributed by atoms with Crippen LogP contribution >= 0.6 is 0 Å². The van der Waals surface area contributed by atoms with Crippen LogP contribution in [-0.2, 0) is 20.9 Å². The number of hydrogen-bond acceptors (Lipinski definition) is 6. The SMILES string of the molecule is CCOC(=O)c1cnc(C)cc1C(=O)N1CCCC1.O=COCc1ccccc1. The summed E-state index contributed by atoms with van der Waals surface area (Å²) in [6, 6.07) is 11.2. The number of rotatable bonds is 6. The van der Waals surface area contributed by atoms with Gasteiger partial charge in [-0.15, -0.1) is 0 Å². The van der Waals surface area contributed by atoms with Crippen molar-refractivity contribution in [2.45, 2.75) is 33.3 Å². The van der Waals surface area contributed by atoms with Gasteiger partial charge in [-0.1, -0.05) is 30.3 Å². The van der Waals surface area contributed by atoms with Gasteiger partial charge in [0.1, 0.15) is 6.61 Å². The largest absolute Gasteiger partial charge is 0.463 e. The Bertz CT molecular complexity index is 817. The molecule has 0 bridgehead atoms. The predicted molar refractivity (Wildman–Crippen MR) is 107 cm³/mol. The van der Waals surface area contributed by atoms with Gasteiger partial charge in [-0.3, -0.25) is 14.6 Å². The highest BCUT2D eigenvalue weighted by Crippen LogP contribution is 2.17. The van der Waals surface area contributed by atoms with Crippen molar-refractivity contribution in [1.29, 1.82) is 0 Å². The predicted octanol–water partition coefficient (Wildman–Crippen LogP) is 3.16. The topological polar surface area (TPSA) is 85.8 Å². The van der Waals surface area contributed by atoms with E-state index in [2.05, 4.69) is 9.72 Å². The Morgan fingerprint density at radius 1 is 1.14 bits per heavy atom. The molecule has 0 radical (unpaired) electrons. The molecule has 1 aromatic carbocycles. The Hall–Kier alpha value is -3.22. The van der Waals surface area contributed by atoms with Crippen LogP contribution in [0, 0.1) is 6.92 Å². The fraction of sp³-hybridized carbons (Fsp3) is 0.364. The minimum atomic E-state index is -0.488. The number of aryl methyl sites for hydroxylation is 1. The van der Waals surface area contributed by atoms with Crippen molar-refractivity contribution in [2.75, 3.05) is 19.7 Å². The summed E-state index contributed by atoms with van der Waals surface area (Å²) in [7, 11) is 0. The minimum Gasteiger partial charge on any atom is -0.463 e. The van der Waals surface area contributed by atoms with Crippen LogP contribution in [0.15, 0.2) is 42.6 Å². The van der Waals surface area contributed by atoms with E-state index in [1.165, 1.54) is 6.20 Å². The van der Waals surface area contributed by atoms with Crippen LogP contribution in [0.2, 0.25) is 0 Å². The lowest BCUT2D eigenvalue weighted by Crippen LogP contribution is -2.29. The van der Waals surface area contributed by atoms with Gasteiger partial charge in [-0.25, -0.2) is 4.79 Å². The van der Waals surface area contributed by atoms with Gasteiger partial charge in [0.25, 0.3) is 12.4 Å². The van der Waals surface area contributed by atoms with Crippen molar-refractivity contribution >= 4 is 18.3 Å². The molecule has 1 aromatic heterocycles. The van der Waals surface area contributed by atoms with Gasteiger partial charge < -0.3 is 14.4 Å². The summed E-state index contributed by atoms with van der Waals surface area (Å²) in [4.78, 5) is 39.9. The third kappa shape index (κ3) is 6.71. The quantitative estimate of drug-likeness (QED) is 0.549. The standard InChI is InChI=1S/C14H18N2O3.C8H8O2/c1-3-19-14(18)12-9-15-10(2)8-11(12)13(17)16-6-4-5-7-16;9-7-10-6-8-4-2-1-3-5-8/h8-9H,3-7H2,1-2H3;1-5,7H,6H2. The Labute approximate surface area is 170 Å². The van der Waals surface area contributed by atoms with Crippen LogP contribution in [-0.4, -0.2) is 47.9 Å². The first-order valence-electron chi connectivity index (χ1n) is 9.59. The molecular formula is C22H26N2O5. The van der Waals surface area contributed by atoms with Gasteiger partial charge >= 0.3 is 5.97 Å². The first-order valence-corrected chi connectivity index (χ1v) is 9.59. The lowest BCUT2D eigenvalue weighted by Gasteiger charge is -2.17. The first-order chi connectivity index (χ1) is 14.1. The van der Waals surface area contributed by atoms with Gasteiger partial charge in [0.15, 0.2) is 0 Å². The molecule has 2 heterocycles. The Kier molecular flexibility index (Phi) is 8.82. The molecular weight excluding hydrogens is 372 g/mol. The second kappa shape index (κ2) is 11.6. The Balaban J connectivity index is 0.000000253. The molecule has 0 unspecified atom stereocenters. The first kappa shape index (κ1) is 22.1. The molecule has 0 N–H and O–H groups in total. The maximum Gasteiger partial charge on any atom is 0.340 e. The van der Waals surface area contributed by atoms with Crippen LogP contribution in [0.5, 0.6) is 0 Å². The van der Waals surface area contributed by atoms with Gasteiger partial charge in [-0.2, -0.15) is 0 Å². The summed E-state index contributed by atoms with van der Waals surface area (Å²) in [6.45, 7) is 6.14. The molecule has 0 aliphatic carbocycles. The lowest BCUT2D eigenvalue weighted by molar-refractivity contribution is -0.129. The summed E-state index contributed by atoms with van der Waals surface area (Å²) >= 11 is 0. The molecule has 0 spiro atoms. The number of likely N-dealkylation sites (tertiary alicyclic amines) is 1. The van der Waals surface area contributed by atoms with Crippen LogP contribution < -0.4 is 0 Å². The summed E-state index contributed by atoms with van der Waals surface area (Å²) in [5.74, 6) is -0.594. The summed E-state index contributed by atoms with van der Waals surface area (Å²) < 4.78 is 9.51. The van der Waals surface area contributed by atoms with E-state index < -0.39 is 5.97 Å². The van der Waals surface area contributed by atoms with Gasteiger partial charge in [0.05, 0.1) is 17.7 Å². The number of carbonyl (C=O) groups is 3. The molecule has 1 fully saturated rings. The second-order valence-electron chi connectivity index (χ2n) is 6.48. The lowest BCUT2D eigenvalue weighted by atomic mass is 10.1. The number of pyridine rings is 1. The molecule has 1 aliphatic rings. The number of hydrogen-bond donors (Lipinski definition) is 0. The van der Waals surface area contributed by atoms with Crippen molar-refractivity contribution in [3.63, 3.8) is 0 Å². The van der Waals surface area contributed by atoms with E-state index in [0.717, 1.165) is 37.2 Å². The number of ether oxygens (including phenoxy) is 2. The highest BCUT2D eigenvalue weighted by Gasteiger charge is 2.25. The van der Waals surface area contributed by atoms with Crippen molar-refractivity contribution in [3.8, 4) is 0 Å². The van der Waals surface area contributed by atoms with Gasteiger partial charge in [0.2, 0.25) is 0 Å². The summed E-state index contributed by atoms with van der Waals surface area (Å²) in [5.41, 5.74) is 2.38. The van der Waals surface area contributed by atoms with Crippen LogP contribution in [0.3, 0.4) is 0 Å². The average molecular weight is 398 g/mol. The highest BCUT2D eigenvalue weighted by atomic mass is 16.5. The van der Waals surface area contributed by atoms with Gasteiger partial charge in [0, 0.05) is 25.0 Å². The maximum absolute atomic E-state index is 12.4. The Morgan fingerprint density at radius 2 is 1.83 bits per heavy atom. The molecule has 1 saturated heterocycles. The van der Waals surface area contributed by atoms with E-state index in [0.29, 0.717) is 18.6 Å². The van der Waals surface area contributed by atoms with E-state index in [9.17, 15) is 14.4 Å². The van der Waals surface area contributed by atoms with Crippen LogP contribution in [0.25, 0.3) is 0 Å². The molecule has 7 nitrogen and oxygen atoms in total. The normalized spacial score (nSPS) is 12.6. The fourth-order valence-electron chi connectivity index (χ4n) is 2.90. The second-order valence-corrected chi connectivity index (χ2v) is 6.48. The van der Waals surface area contributed by atoms with Crippen LogP contribution in [0.4, 0.5) is 0 Å². The van der Waals surface area contributed by atoms with E-state index >= 15 is 0 Å². The van der Waals surface area contributed by atoms with Crippen molar-refractivity contribution < 1.29 is 23.9 Å². The molecule has 0 atom stereocenters. The molecule has 29 heavy (non-hydrogen) atoms. The molecule has 1 aliphatic heterocycles. The number of nitrogens with zero attached hydrogens (tertiary/aromatic N) is 2. The zero-order valence-corrected chi connectivity index (χ0v) is 16.8. The van der Waals surface area contributed by atoms with Crippen molar-refractivity contribution in [1.82, 2.24) is 9.88 Å². The molecule has 1 amide bonds.